The van der Waals surface area contributed by atoms with E-state index < -0.39 is 49.1 Å². The van der Waals surface area contributed by atoms with Crippen LogP contribution in [-0.4, -0.2) is 59.8 Å². The second-order valence-corrected chi connectivity index (χ2v) is 8.80. The zero-order valence-corrected chi connectivity index (χ0v) is 20.1. The number of hydrogen-bond acceptors (Lipinski definition) is 9. The van der Waals surface area contributed by atoms with Gasteiger partial charge in [0.05, 0.1) is 36.1 Å². The highest BCUT2D eigenvalue weighted by molar-refractivity contribution is 6.09. The molecular weight excluding hydrogens is 529 g/mol. The van der Waals surface area contributed by atoms with Gasteiger partial charge < -0.3 is 15.8 Å². The van der Waals surface area contributed by atoms with Gasteiger partial charge in [-0.05, 0) is 19.1 Å². The van der Waals surface area contributed by atoms with Gasteiger partial charge in [0.25, 0.3) is 0 Å². The highest BCUT2D eigenvalue weighted by Gasteiger charge is 2.56. The lowest BCUT2D eigenvalue weighted by atomic mass is 9.81. The molecular formula is C23H20F5N9O2. The maximum atomic E-state index is 13.7. The molecule has 1 aliphatic rings. The van der Waals surface area contributed by atoms with Crippen LogP contribution >= 0.6 is 0 Å². The van der Waals surface area contributed by atoms with Crippen LogP contribution < -0.4 is 15.8 Å². The van der Waals surface area contributed by atoms with E-state index in [0.717, 1.165) is 6.20 Å². The van der Waals surface area contributed by atoms with E-state index in [4.69, 9.17) is 14.6 Å². The van der Waals surface area contributed by atoms with Gasteiger partial charge in [-0.15, -0.1) is 0 Å². The number of ether oxygens (including phenoxy) is 1. The number of anilines is 2. The first kappa shape index (κ1) is 22.5. The molecule has 0 radical (unpaired) electrons. The van der Waals surface area contributed by atoms with E-state index in [1.54, 1.807) is 19.1 Å². The minimum absolute atomic E-state index is 0.0391. The van der Waals surface area contributed by atoms with Crippen LogP contribution in [0.2, 0.25) is 0 Å². The third kappa shape index (κ3) is 4.15. The molecule has 4 aromatic rings. The Bertz CT molecular complexity index is 1710. The molecule has 1 aliphatic heterocycles. The standard InChI is InChI=1S/C23H20F5N9O2/c1-21(12-5-4-10(39-3)8-30-12)14-16(29)34-18(35-17(14)36-20(21)38)15-11-9-31-37(2)19(11)33-13(32-15)6-7-22(24,25)23(26,27)28/h4-5,8-9H,6-7H2,1-3H3,(H3,29,34,35,36,38)/i2D3. The summed E-state index contributed by atoms with van der Waals surface area (Å²) >= 11 is 0. The smallest absolute Gasteiger partial charge is 0.453 e. The Morgan fingerprint density at radius 3 is 2.56 bits per heavy atom. The average Bonchev–Trinajstić information content (AvgIpc) is 3.45. The number of methoxy groups -OCH3 is 1. The second-order valence-electron chi connectivity index (χ2n) is 8.80. The number of amides is 1. The normalized spacial score (nSPS) is 18.8. The number of nitrogens with zero attached hydrogens (tertiary/aromatic N) is 7. The first-order valence-electron chi connectivity index (χ1n) is 12.7. The lowest BCUT2D eigenvalue weighted by Crippen LogP contribution is -2.36. The first-order chi connectivity index (χ1) is 19.5. The number of pyridine rings is 1. The zero-order valence-electron chi connectivity index (χ0n) is 23.1. The Hall–Kier alpha value is -4.50. The largest absolute Gasteiger partial charge is 0.495 e. The third-order valence-electron chi connectivity index (χ3n) is 6.37. The average molecular weight is 552 g/mol. The number of rotatable bonds is 6. The number of hydrogen-bond donors (Lipinski definition) is 2. The van der Waals surface area contributed by atoms with Gasteiger partial charge in [0.2, 0.25) is 5.91 Å². The van der Waals surface area contributed by atoms with Crippen molar-refractivity contribution in [3.8, 4) is 17.3 Å². The monoisotopic (exact) mass is 552 g/mol. The number of alkyl halides is 5. The molecule has 0 aromatic carbocycles. The van der Waals surface area contributed by atoms with Crippen molar-refractivity contribution in [2.24, 2.45) is 6.98 Å². The number of carbonyl (C=O) groups excluding carboxylic acids is 1. The molecule has 1 atom stereocenters. The van der Waals surface area contributed by atoms with Gasteiger partial charge in [0.15, 0.2) is 11.5 Å². The summed E-state index contributed by atoms with van der Waals surface area (Å²) in [4.78, 5) is 34.0. The van der Waals surface area contributed by atoms with Crippen molar-refractivity contribution in [1.29, 1.82) is 0 Å². The topological polar surface area (TPSA) is 147 Å². The molecule has 39 heavy (non-hydrogen) atoms. The van der Waals surface area contributed by atoms with Crippen molar-refractivity contribution in [3.63, 3.8) is 0 Å². The maximum absolute atomic E-state index is 13.7. The zero-order chi connectivity index (χ0) is 30.8. The van der Waals surface area contributed by atoms with Crippen molar-refractivity contribution >= 4 is 28.6 Å². The fraction of sp³-hybridized carbons (Fsp3) is 0.348. The number of nitrogens with two attached hydrogens (primary N) is 1. The van der Waals surface area contributed by atoms with Gasteiger partial charge in [-0.25, -0.2) is 19.9 Å². The van der Waals surface area contributed by atoms with Crippen molar-refractivity contribution in [2.45, 2.75) is 37.3 Å². The Kier molecular flexibility index (Phi) is 5.06. The fourth-order valence-corrected chi connectivity index (χ4v) is 4.20. The number of carbonyl (C=O) groups is 1. The van der Waals surface area contributed by atoms with E-state index >= 15 is 0 Å². The number of aryl methyl sites for hydroxylation is 2. The minimum Gasteiger partial charge on any atom is -0.495 e. The lowest BCUT2D eigenvalue weighted by molar-refractivity contribution is -0.284. The summed E-state index contributed by atoms with van der Waals surface area (Å²) in [5.74, 6) is -6.25. The van der Waals surface area contributed by atoms with Crippen LogP contribution in [0.15, 0.2) is 24.5 Å². The number of aromatic nitrogens is 7. The maximum Gasteiger partial charge on any atom is 0.453 e. The van der Waals surface area contributed by atoms with E-state index in [-0.39, 0.29) is 39.8 Å². The van der Waals surface area contributed by atoms with Crippen LogP contribution in [0.5, 0.6) is 5.75 Å². The summed E-state index contributed by atoms with van der Waals surface area (Å²) in [5.41, 5.74) is 4.67. The van der Waals surface area contributed by atoms with E-state index in [0.29, 0.717) is 16.1 Å². The molecule has 3 N–H and O–H groups in total. The van der Waals surface area contributed by atoms with Crippen LogP contribution in [0.1, 0.15) is 34.5 Å². The number of nitrogen functional groups attached to an aromatic ring is 1. The molecule has 0 spiro atoms. The van der Waals surface area contributed by atoms with Gasteiger partial charge in [-0.3, -0.25) is 14.5 Å². The number of fused-ring (bicyclic) bond motifs is 2. The Labute approximate surface area is 220 Å². The molecule has 204 valence electrons. The fourth-order valence-electron chi connectivity index (χ4n) is 4.20. The van der Waals surface area contributed by atoms with E-state index in [1.807, 2.05) is 0 Å². The first-order valence-corrected chi connectivity index (χ1v) is 11.2. The molecule has 16 heteroatoms. The highest BCUT2D eigenvalue weighted by Crippen LogP contribution is 2.45. The predicted octanol–water partition coefficient (Wildman–Crippen LogP) is 3.19. The van der Waals surface area contributed by atoms with Crippen LogP contribution in [0.3, 0.4) is 0 Å². The molecule has 11 nitrogen and oxygen atoms in total. The van der Waals surface area contributed by atoms with Gasteiger partial charge in [-0.1, -0.05) is 0 Å². The van der Waals surface area contributed by atoms with Crippen LogP contribution in [0, 0.1) is 0 Å². The molecule has 1 amide bonds. The number of halogens is 5. The minimum atomic E-state index is -5.82. The summed E-state index contributed by atoms with van der Waals surface area (Å²) in [6, 6.07) is 3.15. The Morgan fingerprint density at radius 1 is 1.15 bits per heavy atom. The second kappa shape index (κ2) is 8.78. The van der Waals surface area contributed by atoms with Crippen molar-refractivity contribution in [3.05, 3.63) is 41.6 Å². The van der Waals surface area contributed by atoms with Gasteiger partial charge in [0, 0.05) is 23.9 Å². The summed E-state index contributed by atoms with van der Waals surface area (Å²) in [6.07, 6.45) is -6.05. The highest BCUT2D eigenvalue weighted by atomic mass is 19.4. The van der Waals surface area contributed by atoms with Gasteiger partial charge in [0.1, 0.15) is 34.3 Å². The van der Waals surface area contributed by atoms with Gasteiger partial charge >= 0.3 is 12.1 Å². The van der Waals surface area contributed by atoms with Gasteiger partial charge in [-0.2, -0.15) is 27.1 Å². The van der Waals surface area contributed by atoms with Crippen molar-refractivity contribution < 1.29 is 35.6 Å². The van der Waals surface area contributed by atoms with E-state index in [9.17, 15) is 26.7 Å². The molecule has 0 aliphatic carbocycles. The van der Waals surface area contributed by atoms with Crippen LogP contribution in [0.25, 0.3) is 22.6 Å². The quantitative estimate of drug-likeness (QED) is 0.344. The molecule has 0 saturated carbocycles. The summed E-state index contributed by atoms with van der Waals surface area (Å²) < 4.78 is 94.4. The molecule has 0 fully saturated rings. The Morgan fingerprint density at radius 2 is 1.92 bits per heavy atom. The number of nitrogens with one attached hydrogen (secondary N) is 1. The molecule has 4 aromatic heterocycles. The summed E-state index contributed by atoms with van der Waals surface area (Å²) in [7, 11) is 1.45. The Balaban J connectivity index is 1.65. The van der Waals surface area contributed by atoms with Crippen molar-refractivity contribution in [1.82, 2.24) is 34.7 Å². The van der Waals surface area contributed by atoms with Crippen molar-refractivity contribution in [2.75, 3.05) is 18.2 Å². The molecule has 5 heterocycles. The lowest BCUT2D eigenvalue weighted by Gasteiger charge is -2.22. The SMILES string of the molecule is [2H]C([2H])([2H])n1ncc2c(-c3nc(N)c4c(n3)NC(=O)C4(C)c3ccc(OC)cn3)nc(CCC(F)(F)C(F)(F)F)nc21. The molecule has 0 bridgehead atoms. The van der Waals surface area contributed by atoms with E-state index in [2.05, 4.69) is 35.3 Å². The predicted molar refractivity (Wildman–Crippen MR) is 127 cm³/mol. The van der Waals surface area contributed by atoms with Crippen LogP contribution in [-0.2, 0) is 23.6 Å². The molecule has 5 rings (SSSR count). The summed E-state index contributed by atoms with van der Waals surface area (Å²) in [6.45, 7) is -1.34. The third-order valence-corrected chi connectivity index (χ3v) is 6.37. The molecule has 0 saturated heterocycles. The summed E-state index contributed by atoms with van der Waals surface area (Å²) in [5, 5.41) is 6.32. The van der Waals surface area contributed by atoms with Crippen LogP contribution in [0.4, 0.5) is 33.6 Å². The molecule has 1 unspecified atom stereocenters. The van der Waals surface area contributed by atoms with E-state index in [1.165, 1.54) is 13.3 Å².